The molecule has 1 fully saturated rings. The Morgan fingerprint density at radius 3 is 2.38 bits per heavy atom. The van der Waals surface area contributed by atoms with Crippen LogP contribution in [0.3, 0.4) is 0 Å². The van der Waals surface area contributed by atoms with Gasteiger partial charge in [-0.05, 0) is 32.3 Å². The lowest BCUT2D eigenvalue weighted by Crippen LogP contribution is -2.49. The minimum absolute atomic E-state index is 0.0529. The predicted octanol–water partition coefficient (Wildman–Crippen LogP) is 5.13. The van der Waals surface area contributed by atoms with Gasteiger partial charge in [0.25, 0.3) is 0 Å². The van der Waals surface area contributed by atoms with Gasteiger partial charge in [-0.25, -0.2) is 4.79 Å². The molecule has 1 unspecified atom stereocenters. The lowest BCUT2D eigenvalue weighted by molar-refractivity contribution is -0.142. The fraction of sp³-hybridized carbons (Fsp3) is 0.312. The van der Waals surface area contributed by atoms with Crippen LogP contribution in [0.15, 0.2) is 77.0 Å². The quantitative estimate of drug-likeness (QED) is 0.562. The van der Waals surface area contributed by atoms with E-state index in [0.29, 0.717) is 33.8 Å². The molecule has 196 valence electrons. The van der Waals surface area contributed by atoms with Gasteiger partial charge < -0.3 is 15.0 Å². The summed E-state index contributed by atoms with van der Waals surface area (Å²) in [6.45, 7) is 3.51. The van der Waals surface area contributed by atoms with E-state index in [9.17, 15) is 14.9 Å². The van der Waals surface area contributed by atoms with Gasteiger partial charge >= 0.3 is 5.97 Å². The normalized spacial score (nSPS) is 22.7. The number of fused-ring (bicyclic) bond motifs is 3. The Bertz CT molecular complexity index is 1550. The highest BCUT2D eigenvalue weighted by atomic mass is 16.5. The van der Waals surface area contributed by atoms with Crippen LogP contribution >= 0.6 is 0 Å². The third-order valence-electron chi connectivity index (χ3n) is 8.33. The molecule has 0 radical (unpaired) electrons. The minimum atomic E-state index is -1.91. The first-order chi connectivity index (χ1) is 19.0. The Morgan fingerprint density at radius 1 is 1.05 bits per heavy atom. The first-order valence-electron chi connectivity index (χ1n) is 13.5. The van der Waals surface area contributed by atoms with Crippen LogP contribution in [-0.2, 0) is 14.3 Å². The fourth-order valence-electron chi connectivity index (χ4n) is 6.76. The van der Waals surface area contributed by atoms with Crippen molar-refractivity contribution in [2.24, 2.45) is 5.41 Å². The van der Waals surface area contributed by atoms with Crippen molar-refractivity contribution < 1.29 is 19.1 Å². The number of hydrogen-bond acceptors (Lipinski definition) is 6. The van der Waals surface area contributed by atoms with E-state index in [1.807, 2.05) is 42.5 Å². The first-order valence-corrected chi connectivity index (χ1v) is 13.5. The van der Waals surface area contributed by atoms with Crippen molar-refractivity contribution in [2.75, 3.05) is 6.61 Å². The average molecular weight is 520 g/mol. The van der Waals surface area contributed by atoms with E-state index in [4.69, 9.17) is 4.74 Å². The second-order valence-electron chi connectivity index (χ2n) is 10.4. The number of ketones is 1. The molecule has 2 aromatic carbocycles. The van der Waals surface area contributed by atoms with Gasteiger partial charge in [0.15, 0.2) is 11.2 Å². The molecule has 2 aliphatic heterocycles. The molecule has 0 aromatic heterocycles. The molecule has 0 saturated heterocycles. The lowest BCUT2D eigenvalue weighted by atomic mass is 9.65. The summed E-state index contributed by atoms with van der Waals surface area (Å²) in [7, 11) is 0. The Labute approximate surface area is 227 Å². The van der Waals surface area contributed by atoms with Gasteiger partial charge in [0.05, 0.1) is 35.2 Å². The zero-order valence-electron chi connectivity index (χ0n) is 22.0. The summed E-state index contributed by atoms with van der Waals surface area (Å²) >= 11 is 0. The van der Waals surface area contributed by atoms with Crippen LogP contribution in [0.5, 0.6) is 0 Å². The maximum atomic E-state index is 15.1. The van der Waals surface area contributed by atoms with Crippen LogP contribution in [0.4, 0.5) is 0 Å². The Balaban J connectivity index is 1.74. The molecule has 7 heteroatoms. The zero-order chi connectivity index (χ0) is 27.3. The van der Waals surface area contributed by atoms with E-state index >= 15 is 4.79 Å². The third kappa shape index (κ3) is 3.37. The number of ether oxygens (including phenoxy) is 1. The van der Waals surface area contributed by atoms with E-state index in [1.54, 1.807) is 30.9 Å². The van der Waals surface area contributed by atoms with Crippen LogP contribution in [-0.4, -0.2) is 35.2 Å². The van der Waals surface area contributed by atoms with Crippen molar-refractivity contribution in [3.05, 3.63) is 93.7 Å². The molecule has 2 aromatic rings. The summed E-state index contributed by atoms with van der Waals surface area (Å²) < 4.78 is 5.62. The topological polar surface area (TPSA) is 99.5 Å². The summed E-state index contributed by atoms with van der Waals surface area (Å²) in [6, 6.07) is 18.5. The molecule has 1 N–H and O–H groups in total. The van der Waals surface area contributed by atoms with E-state index < -0.39 is 17.3 Å². The number of dihydropyridines is 1. The van der Waals surface area contributed by atoms with Gasteiger partial charge in [-0.1, -0.05) is 73.9 Å². The number of carbonyl (C=O) groups is 3. The highest BCUT2D eigenvalue weighted by Crippen LogP contribution is 2.60. The second kappa shape index (κ2) is 9.39. The van der Waals surface area contributed by atoms with Crippen molar-refractivity contribution in [3.63, 3.8) is 0 Å². The Hall–Kier alpha value is -4.44. The number of esters is 1. The molecule has 4 aliphatic rings. The third-order valence-corrected chi connectivity index (χ3v) is 8.33. The molecule has 2 aliphatic carbocycles. The maximum absolute atomic E-state index is 15.1. The Morgan fingerprint density at radius 2 is 1.72 bits per heavy atom. The molecular weight excluding hydrogens is 490 g/mol. The number of nitriles is 1. The molecule has 1 spiro atoms. The lowest BCUT2D eigenvalue weighted by Gasteiger charge is -2.38. The van der Waals surface area contributed by atoms with E-state index in [-0.39, 0.29) is 35.2 Å². The summed E-state index contributed by atoms with van der Waals surface area (Å²) in [5.74, 6) is -1.48. The van der Waals surface area contributed by atoms with Gasteiger partial charge in [0, 0.05) is 28.4 Å². The minimum Gasteiger partial charge on any atom is -0.463 e. The number of benzene rings is 2. The summed E-state index contributed by atoms with van der Waals surface area (Å²) in [5, 5.41) is 13.8. The molecule has 7 nitrogen and oxygen atoms in total. The molecule has 0 bridgehead atoms. The summed E-state index contributed by atoms with van der Waals surface area (Å²) in [6.07, 6.45) is 4.54. The van der Waals surface area contributed by atoms with Crippen molar-refractivity contribution in [2.45, 2.75) is 52.0 Å². The monoisotopic (exact) mass is 519 g/mol. The molecule has 1 saturated carbocycles. The van der Waals surface area contributed by atoms with Crippen LogP contribution in [0.25, 0.3) is 11.4 Å². The van der Waals surface area contributed by atoms with Crippen molar-refractivity contribution in [3.8, 4) is 6.07 Å². The molecule has 6 rings (SSSR count). The summed E-state index contributed by atoms with van der Waals surface area (Å²) in [4.78, 5) is 45.1. The standard InChI is InChI=1S/C32H29N3O4/c1-3-39-30(37)26-28(20-12-6-4-7-13-20)35(21-14-8-5-9-15-21)31(38)32(26)24(18-33)19(2)34-27-22-16-10-11-17-23(22)29(36)25(27)32/h4,6-7,10-13,16-17,21,34H,3,5,8-9,14-15H2,1-2H3. The smallest absolute Gasteiger partial charge is 0.337 e. The van der Waals surface area contributed by atoms with Crippen LogP contribution in [0, 0.1) is 16.7 Å². The van der Waals surface area contributed by atoms with Gasteiger partial charge in [0.2, 0.25) is 5.91 Å². The largest absolute Gasteiger partial charge is 0.463 e. The zero-order valence-corrected chi connectivity index (χ0v) is 22.0. The van der Waals surface area contributed by atoms with Crippen molar-refractivity contribution in [1.82, 2.24) is 10.2 Å². The number of allylic oxidation sites excluding steroid dienone is 1. The molecule has 1 atom stereocenters. The SMILES string of the molecule is CCOC(=O)C1=C(c2ccccc2)N(C2CCCCC2)C(=O)C12C(C#N)=C(C)NC1=C2C(=O)c2ccccc21. The fourth-order valence-corrected chi connectivity index (χ4v) is 6.76. The number of Topliss-reactive ketones (excluding diaryl/α,β-unsaturated/α-hetero) is 1. The van der Waals surface area contributed by atoms with E-state index in [1.165, 1.54) is 0 Å². The van der Waals surface area contributed by atoms with Crippen LogP contribution in [0.1, 0.15) is 67.4 Å². The molecule has 1 amide bonds. The molecule has 39 heavy (non-hydrogen) atoms. The van der Waals surface area contributed by atoms with Crippen molar-refractivity contribution >= 4 is 29.1 Å². The van der Waals surface area contributed by atoms with E-state index in [0.717, 1.165) is 32.1 Å². The van der Waals surface area contributed by atoms with Gasteiger partial charge in [-0.15, -0.1) is 0 Å². The van der Waals surface area contributed by atoms with E-state index in [2.05, 4.69) is 11.4 Å². The van der Waals surface area contributed by atoms with Crippen molar-refractivity contribution in [1.29, 1.82) is 5.26 Å². The second-order valence-corrected chi connectivity index (χ2v) is 10.4. The number of hydrogen-bond donors (Lipinski definition) is 1. The Kier molecular flexibility index (Phi) is 5.99. The maximum Gasteiger partial charge on any atom is 0.337 e. The van der Waals surface area contributed by atoms with Gasteiger partial charge in [-0.3, -0.25) is 9.59 Å². The number of carbonyl (C=O) groups excluding carboxylic acids is 3. The number of nitrogens with one attached hydrogen (secondary N) is 1. The van der Waals surface area contributed by atoms with Gasteiger partial charge in [-0.2, -0.15) is 5.26 Å². The first kappa shape index (κ1) is 24.9. The number of rotatable bonds is 4. The van der Waals surface area contributed by atoms with Crippen LogP contribution in [0.2, 0.25) is 0 Å². The number of nitrogens with zero attached hydrogens (tertiary/aromatic N) is 2. The highest BCUT2D eigenvalue weighted by molar-refractivity contribution is 6.30. The predicted molar refractivity (Wildman–Crippen MR) is 145 cm³/mol. The molecular formula is C32H29N3O4. The average Bonchev–Trinajstić information content (AvgIpc) is 3.39. The highest BCUT2D eigenvalue weighted by Gasteiger charge is 2.66. The van der Waals surface area contributed by atoms with Gasteiger partial charge in [0.1, 0.15) is 0 Å². The number of amides is 1. The summed E-state index contributed by atoms with van der Waals surface area (Å²) in [5.41, 5.74) is 1.44. The van der Waals surface area contributed by atoms with Crippen LogP contribution < -0.4 is 5.32 Å². The molecule has 2 heterocycles.